The molecule has 116 valence electrons. The molecule has 0 fully saturated rings. The van der Waals surface area contributed by atoms with E-state index in [-0.39, 0.29) is 18.3 Å². The van der Waals surface area contributed by atoms with Gasteiger partial charge in [-0.2, -0.15) is 0 Å². The number of hydrogen-bond donors (Lipinski definition) is 2. The third-order valence-corrected chi connectivity index (χ3v) is 4.23. The van der Waals surface area contributed by atoms with E-state index in [1.807, 2.05) is 19.1 Å². The molecule has 2 N–H and O–H groups in total. The number of aryl methyl sites for hydroxylation is 1. The predicted octanol–water partition coefficient (Wildman–Crippen LogP) is 3.75. The van der Waals surface area contributed by atoms with Crippen molar-refractivity contribution < 1.29 is 14.3 Å². The Bertz CT molecular complexity index is 661. The maximum absolute atomic E-state index is 13.5. The van der Waals surface area contributed by atoms with Gasteiger partial charge in [-0.3, -0.25) is 4.79 Å². The minimum absolute atomic E-state index is 0.0632. The van der Waals surface area contributed by atoms with Crippen LogP contribution in [0.2, 0.25) is 0 Å². The number of benzene rings is 2. The Morgan fingerprint density at radius 2 is 2.05 bits per heavy atom. The Morgan fingerprint density at radius 3 is 2.77 bits per heavy atom. The second kappa shape index (κ2) is 7.96. The zero-order valence-corrected chi connectivity index (χ0v) is 13.1. The number of anilines is 1. The number of nitrogens with one attached hydrogen (secondary N) is 1. The van der Waals surface area contributed by atoms with E-state index in [9.17, 15) is 9.18 Å². The van der Waals surface area contributed by atoms with E-state index in [2.05, 4.69) is 5.32 Å². The molecule has 2 rings (SSSR count). The quantitative estimate of drug-likeness (QED) is 0.797. The van der Waals surface area contributed by atoms with Crippen LogP contribution in [0.4, 0.5) is 10.1 Å². The number of carbonyl (C=O) groups excluding carboxylic acids is 1. The van der Waals surface area contributed by atoms with E-state index in [4.69, 9.17) is 5.11 Å². The number of aliphatic hydroxyl groups is 1. The Kier molecular flexibility index (Phi) is 5.98. The van der Waals surface area contributed by atoms with Crippen molar-refractivity contribution >= 4 is 23.4 Å². The Hall–Kier alpha value is -1.85. The number of aliphatic hydroxyl groups excluding tert-OH is 1. The maximum Gasteiger partial charge on any atom is 0.225 e. The van der Waals surface area contributed by atoms with Gasteiger partial charge in [0.2, 0.25) is 5.91 Å². The summed E-state index contributed by atoms with van der Waals surface area (Å²) in [6, 6.07) is 12.0. The molecule has 0 radical (unpaired) electrons. The average Bonchev–Trinajstić information content (AvgIpc) is 2.51. The molecule has 0 saturated carbocycles. The number of amides is 1. The number of carbonyl (C=O) groups is 1. The summed E-state index contributed by atoms with van der Waals surface area (Å²) in [7, 11) is 0. The molecule has 0 aromatic heterocycles. The van der Waals surface area contributed by atoms with Crippen molar-refractivity contribution in [2.75, 3.05) is 11.1 Å². The molecular weight excluding hydrogens is 301 g/mol. The lowest BCUT2D eigenvalue weighted by Crippen LogP contribution is -2.13. The SMILES string of the molecule is Cc1ccc(CO)cc1NC(=O)CCSc1ccccc1F. The van der Waals surface area contributed by atoms with E-state index in [1.54, 1.807) is 24.3 Å². The first-order valence-electron chi connectivity index (χ1n) is 6.97. The summed E-state index contributed by atoms with van der Waals surface area (Å²) in [6.07, 6.45) is 0.293. The van der Waals surface area contributed by atoms with E-state index in [1.165, 1.54) is 17.8 Å². The first-order valence-corrected chi connectivity index (χ1v) is 7.96. The number of halogens is 1. The molecule has 0 heterocycles. The highest BCUT2D eigenvalue weighted by Gasteiger charge is 2.07. The van der Waals surface area contributed by atoms with Crippen molar-refractivity contribution in [3.05, 3.63) is 59.4 Å². The second-order valence-corrected chi connectivity index (χ2v) is 6.02. The van der Waals surface area contributed by atoms with E-state index >= 15 is 0 Å². The molecule has 1 amide bonds. The van der Waals surface area contributed by atoms with Crippen LogP contribution in [0.1, 0.15) is 17.5 Å². The fourth-order valence-electron chi connectivity index (χ4n) is 1.93. The predicted molar refractivity (Wildman–Crippen MR) is 87.5 cm³/mol. The van der Waals surface area contributed by atoms with Crippen LogP contribution in [-0.4, -0.2) is 16.8 Å². The Balaban J connectivity index is 1.87. The molecule has 0 atom stereocenters. The van der Waals surface area contributed by atoms with Gasteiger partial charge in [-0.1, -0.05) is 24.3 Å². The molecule has 0 bridgehead atoms. The van der Waals surface area contributed by atoms with Crippen LogP contribution in [0.25, 0.3) is 0 Å². The lowest BCUT2D eigenvalue weighted by molar-refractivity contribution is -0.115. The van der Waals surface area contributed by atoms with Gasteiger partial charge in [0.25, 0.3) is 0 Å². The normalized spacial score (nSPS) is 10.5. The van der Waals surface area contributed by atoms with Crippen LogP contribution in [0, 0.1) is 12.7 Å². The number of thioether (sulfide) groups is 1. The van der Waals surface area contributed by atoms with Crippen LogP contribution in [-0.2, 0) is 11.4 Å². The van der Waals surface area contributed by atoms with E-state index in [0.717, 1.165) is 11.1 Å². The van der Waals surface area contributed by atoms with Crippen molar-refractivity contribution in [2.24, 2.45) is 0 Å². The lowest BCUT2D eigenvalue weighted by atomic mass is 10.1. The van der Waals surface area contributed by atoms with Crippen molar-refractivity contribution in [2.45, 2.75) is 24.8 Å². The molecule has 22 heavy (non-hydrogen) atoms. The van der Waals surface area contributed by atoms with Crippen LogP contribution >= 0.6 is 11.8 Å². The van der Waals surface area contributed by atoms with Crippen LogP contribution < -0.4 is 5.32 Å². The molecule has 0 spiro atoms. The van der Waals surface area contributed by atoms with Gasteiger partial charge in [0, 0.05) is 22.8 Å². The second-order valence-electron chi connectivity index (χ2n) is 4.88. The fourth-order valence-corrected chi connectivity index (χ4v) is 2.82. The van der Waals surface area contributed by atoms with E-state index < -0.39 is 0 Å². The zero-order valence-electron chi connectivity index (χ0n) is 12.3. The molecule has 2 aromatic rings. The molecule has 0 saturated heterocycles. The summed E-state index contributed by atoms with van der Waals surface area (Å²) in [5, 5.41) is 12.0. The minimum Gasteiger partial charge on any atom is -0.392 e. The maximum atomic E-state index is 13.5. The first-order chi connectivity index (χ1) is 10.6. The molecular formula is C17H18FNO2S. The summed E-state index contributed by atoms with van der Waals surface area (Å²) >= 11 is 1.32. The van der Waals surface area contributed by atoms with Crippen molar-refractivity contribution in [3.63, 3.8) is 0 Å². The molecule has 2 aromatic carbocycles. The topological polar surface area (TPSA) is 49.3 Å². The smallest absolute Gasteiger partial charge is 0.225 e. The van der Waals surface area contributed by atoms with Crippen LogP contribution in [0.5, 0.6) is 0 Å². The van der Waals surface area contributed by atoms with Gasteiger partial charge < -0.3 is 10.4 Å². The summed E-state index contributed by atoms with van der Waals surface area (Å²) in [5.41, 5.74) is 2.39. The zero-order chi connectivity index (χ0) is 15.9. The molecule has 3 nitrogen and oxygen atoms in total. The summed E-state index contributed by atoms with van der Waals surface area (Å²) in [5.74, 6) is 0.118. The van der Waals surface area contributed by atoms with Gasteiger partial charge in [-0.15, -0.1) is 11.8 Å². The Morgan fingerprint density at radius 1 is 1.27 bits per heavy atom. The molecule has 5 heteroatoms. The third kappa shape index (κ3) is 4.58. The van der Waals surface area contributed by atoms with Crippen LogP contribution in [0.15, 0.2) is 47.4 Å². The summed E-state index contributed by atoms with van der Waals surface area (Å²) in [6.45, 7) is 1.83. The third-order valence-electron chi connectivity index (χ3n) is 3.18. The monoisotopic (exact) mass is 319 g/mol. The Labute approximate surface area is 133 Å². The highest BCUT2D eigenvalue weighted by molar-refractivity contribution is 7.99. The minimum atomic E-state index is -0.264. The summed E-state index contributed by atoms with van der Waals surface area (Å²) in [4.78, 5) is 12.5. The number of rotatable bonds is 6. The number of hydrogen-bond acceptors (Lipinski definition) is 3. The van der Waals surface area contributed by atoms with Crippen molar-refractivity contribution in [1.29, 1.82) is 0 Å². The lowest BCUT2D eigenvalue weighted by Gasteiger charge is -2.10. The largest absolute Gasteiger partial charge is 0.392 e. The molecule has 0 aliphatic carbocycles. The van der Waals surface area contributed by atoms with Crippen LogP contribution in [0.3, 0.4) is 0 Å². The highest BCUT2D eigenvalue weighted by Crippen LogP contribution is 2.22. The van der Waals surface area contributed by atoms with Gasteiger partial charge in [-0.05, 0) is 36.2 Å². The molecule has 0 aliphatic heterocycles. The average molecular weight is 319 g/mol. The van der Waals surface area contributed by atoms with Gasteiger partial charge in [0.05, 0.1) is 6.61 Å². The van der Waals surface area contributed by atoms with Crippen molar-refractivity contribution in [1.82, 2.24) is 0 Å². The fraction of sp³-hybridized carbons (Fsp3) is 0.235. The molecule has 0 unspecified atom stereocenters. The highest BCUT2D eigenvalue weighted by atomic mass is 32.2. The standard InChI is InChI=1S/C17H18FNO2S/c1-12-6-7-13(11-20)10-15(12)19-17(21)8-9-22-16-5-3-2-4-14(16)18/h2-7,10,20H,8-9,11H2,1H3,(H,19,21). The van der Waals surface area contributed by atoms with Gasteiger partial charge in [0.15, 0.2) is 0 Å². The molecule has 0 aliphatic rings. The van der Waals surface area contributed by atoms with E-state index in [0.29, 0.717) is 22.8 Å². The van der Waals surface area contributed by atoms with Gasteiger partial charge >= 0.3 is 0 Å². The van der Waals surface area contributed by atoms with Gasteiger partial charge in [0.1, 0.15) is 5.82 Å². The first kappa shape index (κ1) is 16.5. The van der Waals surface area contributed by atoms with Crippen molar-refractivity contribution in [3.8, 4) is 0 Å². The van der Waals surface area contributed by atoms with Gasteiger partial charge in [-0.25, -0.2) is 4.39 Å². The summed E-state index contributed by atoms with van der Waals surface area (Å²) < 4.78 is 13.5.